The molecule has 0 saturated heterocycles. The summed E-state index contributed by atoms with van der Waals surface area (Å²) in [6.07, 6.45) is 0. The van der Waals surface area contributed by atoms with Crippen LogP contribution < -0.4 is 5.73 Å². The third-order valence-corrected chi connectivity index (χ3v) is 3.60. The van der Waals surface area contributed by atoms with Crippen molar-refractivity contribution >= 4 is 21.6 Å². The number of nitrogens with two attached hydrogens (primary N) is 1. The Bertz CT molecular complexity index is 543. The molecule has 0 radical (unpaired) electrons. The van der Waals surface area contributed by atoms with Crippen molar-refractivity contribution in [3.8, 4) is 5.69 Å². The van der Waals surface area contributed by atoms with Crippen LogP contribution in [-0.2, 0) is 0 Å². The van der Waals surface area contributed by atoms with E-state index in [1.54, 1.807) is 0 Å². The van der Waals surface area contributed by atoms with Crippen molar-refractivity contribution in [1.82, 2.24) is 9.78 Å². The fraction of sp³-hybridized carbons (Fsp3) is 0.250. The third-order valence-electron chi connectivity index (χ3n) is 2.75. The zero-order chi connectivity index (χ0) is 11.9. The van der Waals surface area contributed by atoms with Gasteiger partial charge in [0, 0.05) is 4.47 Å². The zero-order valence-electron chi connectivity index (χ0n) is 9.58. The molecule has 0 fully saturated rings. The van der Waals surface area contributed by atoms with E-state index in [0.29, 0.717) is 0 Å². The first-order chi connectivity index (χ1) is 7.50. The van der Waals surface area contributed by atoms with Gasteiger partial charge < -0.3 is 5.73 Å². The van der Waals surface area contributed by atoms with Crippen LogP contribution in [0.1, 0.15) is 17.0 Å². The fourth-order valence-electron chi connectivity index (χ4n) is 1.62. The van der Waals surface area contributed by atoms with Crippen molar-refractivity contribution in [2.75, 3.05) is 5.73 Å². The number of nitrogen functional groups attached to an aromatic ring is 1. The van der Waals surface area contributed by atoms with Crippen LogP contribution in [0, 0.1) is 20.8 Å². The highest BCUT2D eigenvalue weighted by molar-refractivity contribution is 9.10. The van der Waals surface area contributed by atoms with Crippen LogP contribution in [0.2, 0.25) is 0 Å². The highest BCUT2D eigenvalue weighted by atomic mass is 79.9. The highest BCUT2D eigenvalue weighted by Crippen LogP contribution is 2.23. The second kappa shape index (κ2) is 3.94. The van der Waals surface area contributed by atoms with Crippen LogP contribution in [0.25, 0.3) is 5.69 Å². The molecular weight excluding hydrogens is 266 g/mol. The molecule has 1 heterocycles. The second-order valence-electron chi connectivity index (χ2n) is 3.93. The molecule has 0 amide bonds. The van der Waals surface area contributed by atoms with Crippen LogP contribution in [0.5, 0.6) is 0 Å². The molecule has 2 rings (SSSR count). The van der Waals surface area contributed by atoms with Crippen LogP contribution >= 0.6 is 15.9 Å². The molecule has 4 heteroatoms. The van der Waals surface area contributed by atoms with Gasteiger partial charge in [-0.15, -0.1) is 0 Å². The van der Waals surface area contributed by atoms with Gasteiger partial charge in [0.1, 0.15) is 0 Å². The number of anilines is 1. The van der Waals surface area contributed by atoms with Gasteiger partial charge in [-0.25, -0.2) is 4.68 Å². The number of hydrogen-bond acceptors (Lipinski definition) is 2. The average Bonchev–Trinajstić information content (AvgIpc) is 2.50. The molecule has 0 saturated carbocycles. The van der Waals surface area contributed by atoms with E-state index in [1.165, 1.54) is 5.56 Å². The van der Waals surface area contributed by atoms with Crippen molar-refractivity contribution in [3.63, 3.8) is 0 Å². The number of aryl methyl sites for hydroxylation is 2. The van der Waals surface area contributed by atoms with Crippen molar-refractivity contribution in [2.24, 2.45) is 0 Å². The molecule has 3 nitrogen and oxygen atoms in total. The second-order valence-corrected chi connectivity index (χ2v) is 4.78. The molecule has 0 spiro atoms. The van der Waals surface area contributed by atoms with Crippen molar-refractivity contribution < 1.29 is 0 Å². The normalized spacial score (nSPS) is 10.8. The van der Waals surface area contributed by atoms with E-state index in [2.05, 4.69) is 34.0 Å². The maximum absolute atomic E-state index is 5.91. The van der Waals surface area contributed by atoms with Crippen LogP contribution in [0.15, 0.2) is 22.7 Å². The van der Waals surface area contributed by atoms with E-state index in [4.69, 9.17) is 5.73 Å². The number of aromatic nitrogens is 2. The Morgan fingerprint density at radius 3 is 2.44 bits per heavy atom. The van der Waals surface area contributed by atoms with Gasteiger partial charge in [0.2, 0.25) is 0 Å². The fourth-order valence-corrected chi connectivity index (χ4v) is 1.99. The van der Waals surface area contributed by atoms with Gasteiger partial charge >= 0.3 is 0 Å². The van der Waals surface area contributed by atoms with Gasteiger partial charge in [0.05, 0.1) is 22.8 Å². The van der Waals surface area contributed by atoms with E-state index >= 15 is 0 Å². The van der Waals surface area contributed by atoms with Crippen LogP contribution in [0.3, 0.4) is 0 Å². The Morgan fingerprint density at radius 1 is 1.25 bits per heavy atom. The largest absolute Gasteiger partial charge is 0.396 e. The lowest BCUT2D eigenvalue weighted by atomic mass is 10.2. The minimum absolute atomic E-state index is 0.761. The number of hydrogen-bond donors (Lipinski definition) is 1. The van der Waals surface area contributed by atoms with Crippen LogP contribution in [0.4, 0.5) is 5.69 Å². The maximum atomic E-state index is 5.91. The molecule has 1 aromatic carbocycles. The zero-order valence-corrected chi connectivity index (χ0v) is 11.2. The number of halogens is 1. The quantitative estimate of drug-likeness (QED) is 0.872. The highest BCUT2D eigenvalue weighted by Gasteiger charge is 2.10. The van der Waals surface area contributed by atoms with E-state index in [1.807, 2.05) is 30.7 Å². The molecule has 16 heavy (non-hydrogen) atoms. The Balaban J connectivity index is 2.59. The first-order valence-electron chi connectivity index (χ1n) is 5.09. The summed E-state index contributed by atoms with van der Waals surface area (Å²) in [5, 5.41) is 4.42. The van der Waals surface area contributed by atoms with Gasteiger partial charge in [-0.3, -0.25) is 0 Å². The van der Waals surface area contributed by atoms with Crippen molar-refractivity contribution in [1.29, 1.82) is 0 Å². The summed E-state index contributed by atoms with van der Waals surface area (Å²) in [5.41, 5.74) is 10.8. The van der Waals surface area contributed by atoms with Gasteiger partial charge in [0.25, 0.3) is 0 Å². The summed E-state index contributed by atoms with van der Waals surface area (Å²) in [6.45, 7) is 5.95. The smallest absolute Gasteiger partial charge is 0.0830 e. The molecule has 84 valence electrons. The molecule has 2 N–H and O–H groups in total. The Morgan fingerprint density at radius 2 is 1.94 bits per heavy atom. The summed E-state index contributed by atoms with van der Waals surface area (Å²) in [7, 11) is 0. The number of benzene rings is 1. The molecular formula is C12H14BrN3. The van der Waals surface area contributed by atoms with Gasteiger partial charge in [0.15, 0.2) is 0 Å². The summed E-state index contributed by atoms with van der Waals surface area (Å²) in [5.74, 6) is 0. The number of nitrogens with zero attached hydrogens (tertiary/aromatic N) is 2. The Labute approximate surface area is 103 Å². The van der Waals surface area contributed by atoms with Crippen molar-refractivity contribution in [3.05, 3.63) is 39.6 Å². The Kier molecular flexibility index (Phi) is 2.76. The van der Waals surface area contributed by atoms with Gasteiger partial charge in [-0.2, -0.15) is 5.10 Å². The first kappa shape index (κ1) is 11.2. The Hall–Kier alpha value is -1.29. The summed E-state index contributed by atoms with van der Waals surface area (Å²) < 4.78 is 2.95. The molecule has 0 aliphatic rings. The van der Waals surface area contributed by atoms with E-state index in [-0.39, 0.29) is 0 Å². The van der Waals surface area contributed by atoms with Gasteiger partial charge in [-0.1, -0.05) is 22.0 Å². The average molecular weight is 280 g/mol. The monoisotopic (exact) mass is 279 g/mol. The first-order valence-corrected chi connectivity index (χ1v) is 5.88. The van der Waals surface area contributed by atoms with Gasteiger partial charge in [-0.05, 0) is 38.5 Å². The molecule has 0 aliphatic carbocycles. The number of rotatable bonds is 1. The summed E-state index contributed by atoms with van der Waals surface area (Å²) in [6, 6.07) is 6.15. The molecule has 2 aromatic rings. The van der Waals surface area contributed by atoms with Crippen molar-refractivity contribution in [2.45, 2.75) is 20.8 Å². The topological polar surface area (TPSA) is 43.8 Å². The van der Waals surface area contributed by atoms with E-state index in [0.717, 1.165) is 27.2 Å². The SMILES string of the molecule is Cc1ccc(-n2nc(C)c(N)c2C)cc1Br. The molecule has 0 unspecified atom stereocenters. The van der Waals surface area contributed by atoms with Crippen LogP contribution in [-0.4, -0.2) is 9.78 Å². The lowest BCUT2D eigenvalue weighted by molar-refractivity contribution is 0.832. The summed E-state index contributed by atoms with van der Waals surface area (Å²) in [4.78, 5) is 0. The maximum Gasteiger partial charge on any atom is 0.0830 e. The van der Waals surface area contributed by atoms with E-state index in [9.17, 15) is 0 Å². The predicted molar refractivity (Wildman–Crippen MR) is 69.9 cm³/mol. The lowest BCUT2D eigenvalue weighted by Gasteiger charge is -2.06. The lowest BCUT2D eigenvalue weighted by Crippen LogP contribution is -1.99. The molecule has 0 aliphatic heterocycles. The molecule has 1 aromatic heterocycles. The minimum Gasteiger partial charge on any atom is -0.396 e. The molecule has 0 atom stereocenters. The minimum atomic E-state index is 0.761. The van der Waals surface area contributed by atoms with E-state index < -0.39 is 0 Å². The predicted octanol–water partition coefficient (Wildman–Crippen LogP) is 3.14. The third kappa shape index (κ3) is 1.73. The molecule has 0 bridgehead atoms. The standard InChI is InChI=1S/C12H14BrN3/c1-7-4-5-10(6-11(7)13)16-9(3)12(14)8(2)15-16/h4-6H,14H2,1-3H3. The summed E-state index contributed by atoms with van der Waals surface area (Å²) >= 11 is 3.52.